The van der Waals surface area contributed by atoms with Crippen LogP contribution in [0.2, 0.25) is 0 Å². The fourth-order valence-corrected chi connectivity index (χ4v) is 2.06. The van der Waals surface area contributed by atoms with E-state index >= 15 is 0 Å². The van der Waals surface area contributed by atoms with Crippen LogP contribution in [-0.2, 0) is 0 Å². The Labute approximate surface area is 96.5 Å². The van der Waals surface area contributed by atoms with Crippen molar-refractivity contribution in [3.8, 4) is 0 Å². The second kappa shape index (κ2) is 3.15. The summed E-state index contributed by atoms with van der Waals surface area (Å²) in [4.78, 5) is 29.6. The first-order valence-electron chi connectivity index (χ1n) is 4.89. The summed E-state index contributed by atoms with van der Waals surface area (Å²) in [5.41, 5.74) is 0.828. The molecular weight excluding hydrogens is 228 g/mol. The number of carbonyl (C=O) groups excluding carboxylic acids is 2. The maximum Gasteiger partial charge on any atom is 0.225 e. The SMILES string of the molecule is O=C1C(N2CC2)=C(Cl)C(=O)c2ncccc21. The minimum absolute atomic E-state index is 0.00583. The summed E-state index contributed by atoms with van der Waals surface area (Å²) in [5, 5.41) is -0.00583. The monoisotopic (exact) mass is 234 g/mol. The molecule has 0 bridgehead atoms. The molecule has 0 unspecified atom stereocenters. The lowest BCUT2D eigenvalue weighted by atomic mass is 9.97. The Morgan fingerprint density at radius 2 is 2.00 bits per heavy atom. The van der Waals surface area contributed by atoms with Crippen molar-refractivity contribution in [2.75, 3.05) is 13.1 Å². The molecule has 1 fully saturated rings. The van der Waals surface area contributed by atoms with E-state index in [9.17, 15) is 9.59 Å². The van der Waals surface area contributed by atoms with Gasteiger partial charge in [-0.15, -0.1) is 0 Å². The van der Waals surface area contributed by atoms with E-state index in [4.69, 9.17) is 11.6 Å². The maximum atomic E-state index is 12.1. The van der Waals surface area contributed by atoms with Crippen LogP contribution < -0.4 is 0 Å². The molecule has 0 aromatic carbocycles. The summed E-state index contributed by atoms with van der Waals surface area (Å²) in [6.45, 7) is 1.56. The molecule has 0 amide bonds. The van der Waals surface area contributed by atoms with Gasteiger partial charge in [-0.1, -0.05) is 11.6 Å². The standard InChI is InChI=1S/C11H7ClN2O2/c12-7-9(14-4-5-14)10(15)6-2-1-3-13-8(6)11(7)16/h1-3H,4-5H2. The van der Waals surface area contributed by atoms with Crippen LogP contribution in [-0.4, -0.2) is 34.5 Å². The summed E-state index contributed by atoms with van der Waals surface area (Å²) in [5.74, 6) is -0.566. The van der Waals surface area contributed by atoms with Gasteiger partial charge in [-0.25, -0.2) is 0 Å². The summed E-state index contributed by atoms with van der Waals surface area (Å²) in [7, 11) is 0. The minimum atomic E-state index is -0.362. The number of hydrogen-bond donors (Lipinski definition) is 0. The molecule has 0 atom stereocenters. The number of ketones is 2. The van der Waals surface area contributed by atoms with Crippen molar-refractivity contribution in [3.63, 3.8) is 0 Å². The molecule has 1 aromatic rings. The van der Waals surface area contributed by atoms with E-state index in [1.54, 1.807) is 17.0 Å². The molecule has 2 heterocycles. The average Bonchev–Trinajstić information content (AvgIpc) is 3.11. The third kappa shape index (κ3) is 1.20. The predicted molar refractivity (Wildman–Crippen MR) is 57.4 cm³/mol. The van der Waals surface area contributed by atoms with Crippen LogP contribution in [0, 0.1) is 0 Å². The van der Waals surface area contributed by atoms with Crippen molar-refractivity contribution in [1.29, 1.82) is 0 Å². The number of Topliss-reactive ketones (excluding diaryl/α,β-unsaturated/α-hetero) is 2. The molecule has 0 N–H and O–H groups in total. The van der Waals surface area contributed by atoms with E-state index in [-0.39, 0.29) is 22.3 Å². The van der Waals surface area contributed by atoms with Gasteiger partial charge in [0.15, 0.2) is 0 Å². The van der Waals surface area contributed by atoms with Gasteiger partial charge in [0.25, 0.3) is 0 Å². The normalized spacial score (nSPS) is 18.9. The molecule has 0 saturated carbocycles. The number of aromatic nitrogens is 1. The molecule has 4 nitrogen and oxygen atoms in total. The van der Waals surface area contributed by atoms with Gasteiger partial charge in [0.1, 0.15) is 16.4 Å². The highest BCUT2D eigenvalue weighted by Gasteiger charge is 2.38. The number of pyridine rings is 1. The topological polar surface area (TPSA) is 50.0 Å². The molecule has 2 aliphatic rings. The van der Waals surface area contributed by atoms with Crippen molar-refractivity contribution in [3.05, 3.63) is 40.3 Å². The van der Waals surface area contributed by atoms with Crippen LogP contribution in [0.4, 0.5) is 0 Å². The highest BCUT2D eigenvalue weighted by Crippen LogP contribution is 2.31. The Morgan fingerprint density at radius 1 is 1.25 bits per heavy atom. The number of halogens is 1. The first kappa shape index (κ1) is 9.54. The molecule has 80 valence electrons. The Morgan fingerprint density at radius 3 is 2.69 bits per heavy atom. The number of allylic oxidation sites excluding steroid dienone is 2. The fourth-order valence-electron chi connectivity index (χ4n) is 1.76. The van der Waals surface area contributed by atoms with Crippen LogP contribution in [0.3, 0.4) is 0 Å². The van der Waals surface area contributed by atoms with E-state index in [1.165, 1.54) is 6.20 Å². The Balaban J connectivity index is 2.21. The number of hydrogen-bond acceptors (Lipinski definition) is 4. The van der Waals surface area contributed by atoms with Crippen LogP contribution >= 0.6 is 11.6 Å². The van der Waals surface area contributed by atoms with Gasteiger partial charge in [-0.3, -0.25) is 14.6 Å². The molecule has 1 aliphatic heterocycles. The van der Waals surface area contributed by atoms with E-state index in [0.29, 0.717) is 11.3 Å². The number of carbonyl (C=O) groups is 2. The van der Waals surface area contributed by atoms with Gasteiger partial charge in [-0.2, -0.15) is 0 Å². The molecule has 1 saturated heterocycles. The quantitative estimate of drug-likeness (QED) is 0.686. The van der Waals surface area contributed by atoms with Gasteiger partial charge in [-0.05, 0) is 12.1 Å². The zero-order valence-electron chi connectivity index (χ0n) is 8.24. The zero-order chi connectivity index (χ0) is 11.3. The van der Waals surface area contributed by atoms with E-state index in [0.717, 1.165) is 13.1 Å². The van der Waals surface area contributed by atoms with Crippen LogP contribution in [0.15, 0.2) is 29.1 Å². The van der Waals surface area contributed by atoms with Crippen molar-refractivity contribution >= 4 is 23.2 Å². The van der Waals surface area contributed by atoms with Gasteiger partial charge in [0.05, 0.1) is 5.56 Å². The van der Waals surface area contributed by atoms with E-state index < -0.39 is 0 Å². The average molecular weight is 235 g/mol. The Hall–Kier alpha value is -1.68. The first-order valence-corrected chi connectivity index (χ1v) is 5.27. The van der Waals surface area contributed by atoms with Crippen LogP contribution in [0.25, 0.3) is 0 Å². The summed E-state index contributed by atoms with van der Waals surface area (Å²) >= 11 is 5.92. The first-order chi connectivity index (χ1) is 7.70. The molecule has 16 heavy (non-hydrogen) atoms. The zero-order valence-corrected chi connectivity index (χ0v) is 8.99. The van der Waals surface area contributed by atoms with Crippen LogP contribution in [0.1, 0.15) is 20.8 Å². The molecule has 0 spiro atoms. The second-order valence-electron chi connectivity index (χ2n) is 3.71. The van der Waals surface area contributed by atoms with Gasteiger partial charge < -0.3 is 4.90 Å². The van der Waals surface area contributed by atoms with E-state index in [2.05, 4.69) is 4.98 Å². The molecule has 5 heteroatoms. The van der Waals surface area contributed by atoms with Gasteiger partial charge >= 0.3 is 0 Å². The number of fused-ring (bicyclic) bond motifs is 1. The lowest BCUT2D eigenvalue weighted by molar-refractivity contribution is 0.0963. The largest absolute Gasteiger partial charge is 0.363 e. The molecule has 1 aromatic heterocycles. The predicted octanol–water partition coefficient (Wildman–Crippen LogP) is 1.23. The van der Waals surface area contributed by atoms with Crippen molar-refractivity contribution in [1.82, 2.24) is 9.88 Å². The second-order valence-corrected chi connectivity index (χ2v) is 4.09. The molecule has 0 radical (unpaired) electrons. The van der Waals surface area contributed by atoms with Gasteiger partial charge in [0, 0.05) is 19.3 Å². The Kier molecular flexibility index (Phi) is 1.88. The van der Waals surface area contributed by atoms with E-state index in [1.807, 2.05) is 0 Å². The highest BCUT2D eigenvalue weighted by atomic mass is 35.5. The Bertz CT molecular complexity index is 547. The van der Waals surface area contributed by atoms with Crippen molar-refractivity contribution < 1.29 is 9.59 Å². The third-order valence-corrected chi connectivity index (χ3v) is 3.00. The van der Waals surface area contributed by atoms with Crippen LogP contribution in [0.5, 0.6) is 0 Å². The third-order valence-electron chi connectivity index (χ3n) is 2.65. The maximum absolute atomic E-state index is 12.1. The summed E-state index contributed by atoms with van der Waals surface area (Å²) < 4.78 is 0. The lowest BCUT2D eigenvalue weighted by Gasteiger charge is -2.17. The minimum Gasteiger partial charge on any atom is -0.363 e. The lowest BCUT2D eigenvalue weighted by Crippen LogP contribution is -2.24. The highest BCUT2D eigenvalue weighted by molar-refractivity contribution is 6.49. The summed E-state index contributed by atoms with van der Waals surface area (Å²) in [6, 6.07) is 3.25. The fraction of sp³-hybridized carbons (Fsp3) is 0.182. The number of rotatable bonds is 1. The van der Waals surface area contributed by atoms with Crippen molar-refractivity contribution in [2.45, 2.75) is 0 Å². The smallest absolute Gasteiger partial charge is 0.225 e. The summed E-state index contributed by atoms with van der Waals surface area (Å²) in [6.07, 6.45) is 1.48. The molecular formula is C11H7ClN2O2. The number of nitrogens with zero attached hydrogens (tertiary/aromatic N) is 2. The molecule has 3 rings (SSSR count). The van der Waals surface area contributed by atoms with Gasteiger partial charge in [0.2, 0.25) is 11.6 Å². The molecule has 1 aliphatic carbocycles. The van der Waals surface area contributed by atoms with Crippen molar-refractivity contribution in [2.24, 2.45) is 0 Å².